The van der Waals surface area contributed by atoms with Crippen molar-refractivity contribution in [1.29, 1.82) is 0 Å². The second-order valence-electron chi connectivity index (χ2n) is 7.15. The van der Waals surface area contributed by atoms with Gasteiger partial charge in [-0.15, -0.1) is 0 Å². The van der Waals surface area contributed by atoms with Crippen molar-refractivity contribution in [2.24, 2.45) is 0 Å². The quantitative estimate of drug-likeness (QED) is 0.628. The highest BCUT2D eigenvalue weighted by Gasteiger charge is 2.17. The molecule has 1 aromatic carbocycles. The molecule has 2 heterocycles. The molecule has 8 nitrogen and oxygen atoms in total. The third kappa shape index (κ3) is 6.40. The van der Waals surface area contributed by atoms with Crippen molar-refractivity contribution in [3.8, 4) is 11.4 Å². The summed E-state index contributed by atoms with van der Waals surface area (Å²) >= 11 is 0. The molecule has 0 atom stereocenters. The van der Waals surface area contributed by atoms with Crippen LogP contribution in [0.25, 0.3) is 11.4 Å². The van der Waals surface area contributed by atoms with E-state index in [1.807, 2.05) is 37.3 Å². The van der Waals surface area contributed by atoms with Crippen molar-refractivity contribution in [1.82, 2.24) is 9.97 Å². The van der Waals surface area contributed by atoms with Crippen LogP contribution in [0.15, 0.2) is 30.3 Å². The van der Waals surface area contributed by atoms with Crippen LogP contribution < -0.4 is 10.2 Å². The number of ether oxygens (including phenoxy) is 1. The van der Waals surface area contributed by atoms with Crippen molar-refractivity contribution in [2.45, 2.75) is 25.5 Å². The van der Waals surface area contributed by atoms with E-state index in [4.69, 9.17) is 9.72 Å². The minimum atomic E-state index is -2.73. The molecule has 0 saturated carbocycles. The van der Waals surface area contributed by atoms with Gasteiger partial charge >= 0.3 is 0 Å². The van der Waals surface area contributed by atoms with E-state index in [1.54, 1.807) is 0 Å². The van der Waals surface area contributed by atoms with Crippen LogP contribution in [0, 0.1) is 0 Å². The van der Waals surface area contributed by atoms with Crippen LogP contribution in [-0.4, -0.2) is 57.5 Å². The summed E-state index contributed by atoms with van der Waals surface area (Å²) < 4.78 is 25.2. The summed E-state index contributed by atoms with van der Waals surface area (Å²) in [5.74, 6) is 1.32. The number of carbonyl (C=O) groups is 1. The summed E-state index contributed by atoms with van der Waals surface area (Å²) in [6.45, 7) is 4.67. The molecule has 0 spiro atoms. The molecular formula is C20H28N4O4S. The standard InChI is InChI=1S/C20H28N4O4S/c1-3-4-19(25)21-16-7-5-15(6-8-16)20-22-17(14-29(2,26)27)13-18(23-20)24-9-11-28-12-10-24/h5-8,13,26-27H,3-4,9-12,14H2,1-2H3,(H,21,25). The minimum Gasteiger partial charge on any atom is -0.378 e. The van der Waals surface area contributed by atoms with Gasteiger partial charge in [0.05, 0.1) is 24.7 Å². The summed E-state index contributed by atoms with van der Waals surface area (Å²) in [6.07, 6.45) is 2.70. The number of nitrogens with one attached hydrogen (secondary N) is 1. The zero-order chi connectivity index (χ0) is 20.9. The van der Waals surface area contributed by atoms with Gasteiger partial charge in [-0.3, -0.25) is 13.9 Å². The molecule has 0 bridgehead atoms. The summed E-state index contributed by atoms with van der Waals surface area (Å²) in [4.78, 5) is 23.1. The molecule has 1 fully saturated rings. The summed E-state index contributed by atoms with van der Waals surface area (Å²) in [7, 11) is -2.73. The Balaban J connectivity index is 1.88. The lowest BCUT2D eigenvalue weighted by molar-refractivity contribution is -0.116. The lowest BCUT2D eigenvalue weighted by Crippen LogP contribution is -2.37. The van der Waals surface area contributed by atoms with E-state index in [-0.39, 0.29) is 11.7 Å². The SMILES string of the molecule is CCCC(=O)Nc1ccc(-c2nc(CS(C)(O)O)cc(N3CCOCC3)n2)cc1. The van der Waals surface area contributed by atoms with Gasteiger partial charge in [0.1, 0.15) is 5.82 Å². The Kier molecular flexibility index (Phi) is 7.07. The van der Waals surface area contributed by atoms with Crippen LogP contribution in [-0.2, 0) is 15.3 Å². The smallest absolute Gasteiger partial charge is 0.224 e. The van der Waals surface area contributed by atoms with Crippen molar-refractivity contribution in [3.63, 3.8) is 0 Å². The Hall–Kier alpha value is -2.20. The molecule has 3 rings (SSSR count). The van der Waals surface area contributed by atoms with Crippen LogP contribution in [0.2, 0.25) is 0 Å². The van der Waals surface area contributed by atoms with Crippen LogP contribution in [0.1, 0.15) is 25.5 Å². The molecule has 1 saturated heterocycles. The van der Waals surface area contributed by atoms with Gasteiger partial charge in [-0.05, 0) is 30.7 Å². The molecule has 1 aliphatic heterocycles. The van der Waals surface area contributed by atoms with Crippen molar-refractivity contribution >= 4 is 28.0 Å². The number of anilines is 2. The van der Waals surface area contributed by atoms with Gasteiger partial charge in [0, 0.05) is 43.1 Å². The fourth-order valence-electron chi connectivity index (χ4n) is 3.07. The predicted molar refractivity (Wildman–Crippen MR) is 117 cm³/mol. The van der Waals surface area contributed by atoms with E-state index in [9.17, 15) is 13.9 Å². The zero-order valence-electron chi connectivity index (χ0n) is 16.8. The first-order valence-corrected chi connectivity index (χ1v) is 11.8. The lowest BCUT2D eigenvalue weighted by Gasteiger charge is -2.30. The topological polar surface area (TPSA) is 108 Å². The molecule has 0 unspecified atom stereocenters. The number of hydrogen-bond acceptors (Lipinski definition) is 7. The van der Waals surface area contributed by atoms with Crippen LogP contribution in [0.4, 0.5) is 11.5 Å². The monoisotopic (exact) mass is 420 g/mol. The third-order valence-electron chi connectivity index (χ3n) is 4.43. The maximum atomic E-state index is 11.8. The molecular weight excluding hydrogens is 392 g/mol. The first kappa shape index (κ1) is 21.5. The summed E-state index contributed by atoms with van der Waals surface area (Å²) in [5, 5.41) is 2.86. The Morgan fingerprint density at radius 1 is 1.21 bits per heavy atom. The number of hydrogen-bond donors (Lipinski definition) is 3. The number of benzene rings is 1. The Bertz CT molecular complexity index is 833. The van der Waals surface area contributed by atoms with Crippen molar-refractivity contribution in [2.75, 3.05) is 42.8 Å². The first-order chi connectivity index (χ1) is 13.8. The average molecular weight is 421 g/mol. The van der Waals surface area contributed by atoms with Gasteiger partial charge in [-0.2, -0.15) is 10.6 Å². The van der Waals surface area contributed by atoms with E-state index in [1.165, 1.54) is 6.26 Å². The molecule has 1 amide bonds. The van der Waals surface area contributed by atoms with Crippen molar-refractivity contribution < 1.29 is 18.6 Å². The highest BCUT2D eigenvalue weighted by atomic mass is 32.3. The van der Waals surface area contributed by atoms with Gasteiger partial charge in [0.15, 0.2) is 5.82 Å². The van der Waals surface area contributed by atoms with E-state index >= 15 is 0 Å². The molecule has 9 heteroatoms. The fraction of sp³-hybridized carbons (Fsp3) is 0.450. The maximum absolute atomic E-state index is 11.8. The molecule has 29 heavy (non-hydrogen) atoms. The van der Waals surface area contributed by atoms with E-state index in [0.717, 1.165) is 36.6 Å². The predicted octanol–water partition coefficient (Wildman–Crippen LogP) is 3.60. The van der Waals surface area contributed by atoms with Crippen molar-refractivity contribution in [3.05, 3.63) is 36.0 Å². The van der Waals surface area contributed by atoms with Crippen LogP contribution >= 0.6 is 10.6 Å². The normalized spacial score (nSPS) is 15.2. The van der Waals surface area contributed by atoms with Gasteiger partial charge in [0.2, 0.25) is 5.91 Å². The average Bonchev–Trinajstić information content (AvgIpc) is 2.68. The first-order valence-electron chi connectivity index (χ1n) is 9.66. The number of amides is 1. The number of aromatic nitrogens is 2. The number of nitrogens with zero attached hydrogens (tertiary/aromatic N) is 3. The summed E-state index contributed by atoms with van der Waals surface area (Å²) in [6, 6.07) is 9.16. The van der Waals surface area contributed by atoms with Gasteiger partial charge < -0.3 is 15.0 Å². The lowest BCUT2D eigenvalue weighted by atomic mass is 10.2. The Morgan fingerprint density at radius 2 is 1.90 bits per heavy atom. The molecule has 1 aromatic heterocycles. The largest absolute Gasteiger partial charge is 0.378 e. The van der Waals surface area contributed by atoms with Gasteiger partial charge in [0.25, 0.3) is 0 Å². The molecule has 0 aliphatic carbocycles. The van der Waals surface area contributed by atoms with Gasteiger partial charge in [-0.25, -0.2) is 9.97 Å². The fourth-order valence-corrected chi connectivity index (χ4v) is 3.78. The maximum Gasteiger partial charge on any atom is 0.224 e. The zero-order valence-corrected chi connectivity index (χ0v) is 17.6. The van der Waals surface area contributed by atoms with E-state index in [2.05, 4.69) is 15.2 Å². The molecule has 158 valence electrons. The van der Waals surface area contributed by atoms with E-state index < -0.39 is 10.6 Å². The molecule has 1 aliphatic rings. The second-order valence-corrected chi connectivity index (χ2v) is 9.43. The molecule has 2 aromatic rings. The van der Waals surface area contributed by atoms with Crippen LogP contribution in [0.5, 0.6) is 0 Å². The third-order valence-corrected chi connectivity index (χ3v) is 5.27. The highest BCUT2D eigenvalue weighted by Crippen LogP contribution is 2.38. The summed E-state index contributed by atoms with van der Waals surface area (Å²) in [5.41, 5.74) is 2.10. The Morgan fingerprint density at radius 3 is 2.52 bits per heavy atom. The van der Waals surface area contributed by atoms with Crippen LogP contribution in [0.3, 0.4) is 0 Å². The Labute approximate surface area is 172 Å². The number of carbonyl (C=O) groups excluding carboxylic acids is 1. The number of morpholine rings is 1. The van der Waals surface area contributed by atoms with E-state index in [0.29, 0.717) is 31.2 Å². The number of rotatable bonds is 7. The highest BCUT2D eigenvalue weighted by molar-refractivity contribution is 8.23. The minimum absolute atomic E-state index is 0.0127. The van der Waals surface area contributed by atoms with Gasteiger partial charge in [-0.1, -0.05) is 6.92 Å². The second kappa shape index (κ2) is 9.53. The molecule has 0 radical (unpaired) electrons. The molecule has 3 N–H and O–H groups in total.